The number of halogens is 1. The minimum Gasteiger partial charge on any atom is -0.457 e. The second-order valence-electron chi connectivity index (χ2n) is 4.17. The Labute approximate surface area is 107 Å². The van der Waals surface area contributed by atoms with Gasteiger partial charge in [0.2, 0.25) is 0 Å². The van der Waals surface area contributed by atoms with Crippen LogP contribution in [0.3, 0.4) is 0 Å². The standard InChI is InChI=1S/C13H11BrN2O/c1-7-5-8(2)11-10(6-7)15-13(16-11)9-3-4-17-12(9)14/h3-6H,1-2H3,(H,15,16). The van der Waals surface area contributed by atoms with E-state index in [2.05, 4.69) is 51.9 Å². The van der Waals surface area contributed by atoms with E-state index in [0.717, 1.165) is 22.4 Å². The van der Waals surface area contributed by atoms with Crippen molar-refractivity contribution >= 4 is 27.0 Å². The molecule has 0 unspecified atom stereocenters. The van der Waals surface area contributed by atoms with Crippen LogP contribution in [-0.2, 0) is 0 Å². The Hall–Kier alpha value is -1.55. The zero-order valence-electron chi connectivity index (χ0n) is 9.54. The molecule has 0 bridgehead atoms. The third-order valence-electron chi connectivity index (χ3n) is 2.79. The Bertz CT molecular complexity index is 697. The molecule has 2 heterocycles. The summed E-state index contributed by atoms with van der Waals surface area (Å²) in [7, 11) is 0. The maximum atomic E-state index is 5.23. The van der Waals surface area contributed by atoms with E-state index in [1.54, 1.807) is 6.26 Å². The average molecular weight is 291 g/mol. The molecular formula is C13H11BrN2O. The zero-order chi connectivity index (χ0) is 12.0. The van der Waals surface area contributed by atoms with Gasteiger partial charge in [-0.1, -0.05) is 6.07 Å². The van der Waals surface area contributed by atoms with Gasteiger partial charge in [-0.3, -0.25) is 0 Å². The summed E-state index contributed by atoms with van der Waals surface area (Å²) in [4.78, 5) is 7.93. The van der Waals surface area contributed by atoms with Gasteiger partial charge in [-0.15, -0.1) is 0 Å². The molecule has 0 spiro atoms. The van der Waals surface area contributed by atoms with E-state index in [9.17, 15) is 0 Å². The molecule has 86 valence electrons. The molecule has 1 aromatic carbocycles. The Kier molecular flexibility index (Phi) is 2.33. The van der Waals surface area contributed by atoms with E-state index < -0.39 is 0 Å². The Morgan fingerprint density at radius 1 is 1.29 bits per heavy atom. The van der Waals surface area contributed by atoms with Crippen LogP contribution in [-0.4, -0.2) is 9.97 Å². The van der Waals surface area contributed by atoms with Crippen molar-refractivity contribution in [3.8, 4) is 11.4 Å². The van der Waals surface area contributed by atoms with Crippen LogP contribution in [0.5, 0.6) is 0 Å². The van der Waals surface area contributed by atoms with Crippen LogP contribution in [0.25, 0.3) is 22.4 Å². The van der Waals surface area contributed by atoms with E-state index in [1.807, 2.05) is 6.07 Å². The van der Waals surface area contributed by atoms with Gasteiger partial charge in [0.05, 0.1) is 22.9 Å². The summed E-state index contributed by atoms with van der Waals surface area (Å²) in [6, 6.07) is 6.13. The predicted octanol–water partition coefficient (Wildman–Crippen LogP) is 4.20. The van der Waals surface area contributed by atoms with E-state index >= 15 is 0 Å². The first-order valence-electron chi connectivity index (χ1n) is 5.35. The normalized spacial score (nSPS) is 11.2. The van der Waals surface area contributed by atoms with E-state index in [-0.39, 0.29) is 0 Å². The minimum atomic E-state index is 0.700. The zero-order valence-corrected chi connectivity index (χ0v) is 11.1. The summed E-state index contributed by atoms with van der Waals surface area (Å²) >= 11 is 3.37. The van der Waals surface area contributed by atoms with Crippen LogP contribution in [0, 0.1) is 13.8 Å². The SMILES string of the molecule is Cc1cc(C)c2nc(-c3ccoc3Br)[nH]c2c1. The molecule has 3 rings (SSSR count). The number of H-pyrrole nitrogens is 1. The number of rotatable bonds is 1. The topological polar surface area (TPSA) is 41.8 Å². The number of hydrogen-bond acceptors (Lipinski definition) is 2. The van der Waals surface area contributed by atoms with Crippen LogP contribution in [0.2, 0.25) is 0 Å². The van der Waals surface area contributed by atoms with Crippen LogP contribution in [0.1, 0.15) is 11.1 Å². The fraction of sp³-hybridized carbons (Fsp3) is 0.154. The van der Waals surface area contributed by atoms with Crippen molar-refractivity contribution in [2.75, 3.05) is 0 Å². The molecule has 0 radical (unpaired) electrons. The molecule has 0 fully saturated rings. The molecule has 0 saturated carbocycles. The van der Waals surface area contributed by atoms with Gasteiger partial charge < -0.3 is 9.40 Å². The van der Waals surface area contributed by atoms with Gasteiger partial charge in [-0.05, 0) is 53.0 Å². The molecule has 0 saturated heterocycles. The first kappa shape index (κ1) is 10.6. The number of aromatic amines is 1. The van der Waals surface area contributed by atoms with Crippen molar-refractivity contribution in [2.24, 2.45) is 0 Å². The summed E-state index contributed by atoms with van der Waals surface area (Å²) in [6.07, 6.45) is 1.64. The van der Waals surface area contributed by atoms with Gasteiger partial charge in [0.25, 0.3) is 0 Å². The lowest BCUT2D eigenvalue weighted by atomic mass is 10.1. The molecular weight excluding hydrogens is 280 g/mol. The fourth-order valence-electron chi connectivity index (χ4n) is 2.06. The van der Waals surface area contributed by atoms with Crippen molar-refractivity contribution in [3.63, 3.8) is 0 Å². The number of fused-ring (bicyclic) bond motifs is 1. The first-order chi connectivity index (χ1) is 8.15. The molecule has 0 aliphatic carbocycles. The number of benzene rings is 1. The lowest BCUT2D eigenvalue weighted by Gasteiger charge is -1.96. The number of imidazole rings is 1. The molecule has 0 atom stereocenters. The van der Waals surface area contributed by atoms with Crippen LogP contribution in [0.4, 0.5) is 0 Å². The summed E-state index contributed by atoms with van der Waals surface area (Å²) in [5.41, 5.74) is 5.43. The molecule has 0 aliphatic rings. The van der Waals surface area contributed by atoms with Crippen molar-refractivity contribution < 1.29 is 4.42 Å². The summed E-state index contributed by atoms with van der Waals surface area (Å²) < 4.78 is 5.93. The number of nitrogens with one attached hydrogen (secondary N) is 1. The Morgan fingerprint density at radius 2 is 2.12 bits per heavy atom. The van der Waals surface area contributed by atoms with Crippen molar-refractivity contribution in [1.82, 2.24) is 9.97 Å². The maximum Gasteiger partial charge on any atom is 0.179 e. The summed E-state index contributed by atoms with van der Waals surface area (Å²) in [5, 5.41) is 0. The molecule has 3 aromatic rings. The molecule has 0 aliphatic heterocycles. The van der Waals surface area contributed by atoms with Gasteiger partial charge in [-0.2, -0.15) is 0 Å². The minimum absolute atomic E-state index is 0.700. The van der Waals surface area contributed by atoms with Gasteiger partial charge in [0.15, 0.2) is 4.67 Å². The van der Waals surface area contributed by atoms with Gasteiger partial charge >= 0.3 is 0 Å². The van der Waals surface area contributed by atoms with E-state index in [4.69, 9.17) is 4.42 Å². The lowest BCUT2D eigenvalue weighted by Crippen LogP contribution is -1.79. The highest BCUT2D eigenvalue weighted by atomic mass is 79.9. The maximum absolute atomic E-state index is 5.23. The number of nitrogens with zero attached hydrogens (tertiary/aromatic N) is 1. The van der Waals surface area contributed by atoms with Crippen molar-refractivity contribution in [1.29, 1.82) is 0 Å². The highest BCUT2D eigenvalue weighted by molar-refractivity contribution is 9.10. The number of aromatic nitrogens is 2. The third kappa shape index (κ3) is 1.69. The fourth-order valence-corrected chi connectivity index (χ4v) is 2.49. The molecule has 4 heteroatoms. The highest BCUT2D eigenvalue weighted by Gasteiger charge is 2.12. The number of aryl methyl sites for hydroxylation is 2. The van der Waals surface area contributed by atoms with Gasteiger partial charge in [0, 0.05) is 0 Å². The summed E-state index contributed by atoms with van der Waals surface area (Å²) in [6.45, 7) is 4.16. The van der Waals surface area contributed by atoms with Gasteiger partial charge in [0.1, 0.15) is 5.82 Å². The third-order valence-corrected chi connectivity index (χ3v) is 3.41. The largest absolute Gasteiger partial charge is 0.457 e. The second-order valence-corrected chi connectivity index (χ2v) is 4.89. The number of hydrogen-bond donors (Lipinski definition) is 1. The molecule has 2 aromatic heterocycles. The highest BCUT2D eigenvalue weighted by Crippen LogP contribution is 2.29. The second kappa shape index (κ2) is 3.74. The van der Waals surface area contributed by atoms with Crippen LogP contribution in [0.15, 0.2) is 33.5 Å². The molecule has 17 heavy (non-hydrogen) atoms. The van der Waals surface area contributed by atoms with Crippen LogP contribution < -0.4 is 0 Å². The molecule has 0 amide bonds. The lowest BCUT2D eigenvalue weighted by molar-refractivity contribution is 0.542. The molecule has 1 N–H and O–H groups in total. The first-order valence-corrected chi connectivity index (χ1v) is 6.15. The quantitative estimate of drug-likeness (QED) is 0.730. The summed E-state index contributed by atoms with van der Waals surface area (Å²) in [5.74, 6) is 0.828. The smallest absolute Gasteiger partial charge is 0.179 e. The Morgan fingerprint density at radius 3 is 2.82 bits per heavy atom. The van der Waals surface area contributed by atoms with E-state index in [1.165, 1.54) is 11.1 Å². The van der Waals surface area contributed by atoms with Crippen molar-refractivity contribution in [2.45, 2.75) is 13.8 Å². The van der Waals surface area contributed by atoms with E-state index in [0.29, 0.717) is 4.67 Å². The van der Waals surface area contributed by atoms with Crippen LogP contribution >= 0.6 is 15.9 Å². The monoisotopic (exact) mass is 290 g/mol. The van der Waals surface area contributed by atoms with Gasteiger partial charge in [-0.25, -0.2) is 4.98 Å². The van der Waals surface area contributed by atoms with Crippen molar-refractivity contribution in [3.05, 3.63) is 40.3 Å². The number of furan rings is 1. The molecule has 3 nitrogen and oxygen atoms in total. The average Bonchev–Trinajstić information content (AvgIpc) is 2.83. The predicted molar refractivity (Wildman–Crippen MR) is 71.0 cm³/mol. The Balaban J connectivity index is 2.27.